The van der Waals surface area contributed by atoms with Gasteiger partial charge in [-0.15, -0.1) is 0 Å². The van der Waals surface area contributed by atoms with E-state index in [0.717, 1.165) is 43.1 Å². The molecule has 0 bridgehead atoms. The van der Waals surface area contributed by atoms with Crippen LogP contribution in [0.4, 0.5) is 17.1 Å². The molecule has 27 heavy (non-hydrogen) atoms. The first kappa shape index (κ1) is 17.9. The molecular weight excluding hydrogens is 334 g/mol. The number of anilines is 3. The summed E-state index contributed by atoms with van der Waals surface area (Å²) in [6.45, 7) is 4.83. The monoisotopic (exact) mass is 363 g/mol. The van der Waals surface area contributed by atoms with Gasteiger partial charge in [-0.3, -0.25) is 4.99 Å². The zero-order chi connectivity index (χ0) is 18.9. The van der Waals surface area contributed by atoms with E-state index >= 15 is 0 Å². The van der Waals surface area contributed by atoms with E-state index in [-0.39, 0.29) is 5.54 Å². The van der Waals surface area contributed by atoms with Crippen LogP contribution in [0.5, 0.6) is 0 Å². The smallest absolute Gasteiger partial charge is 0.127 e. The highest BCUT2D eigenvalue weighted by molar-refractivity contribution is 6.12. The van der Waals surface area contributed by atoms with E-state index in [2.05, 4.69) is 84.3 Å². The number of rotatable bonds is 3. The largest absolute Gasteiger partial charge is 0.376 e. The predicted molar refractivity (Wildman–Crippen MR) is 115 cm³/mol. The van der Waals surface area contributed by atoms with Crippen LogP contribution in [0.25, 0.3) is 0 Å². The van der Waals surface area contributed by atoms with E-state index in [0.29, 0.717) is 6.54 Å². The lowest BCUT2D eigenvalue weighted by atomic mass is 9.84. The quantitative estimate of drug-likeness (QED) is 0.780. The van der Waals surface area contributed by atoms with E-state index < -0.39 is 0 Å². The van der Waals surface area contributed by atoms with Crippen molar-refractivity contribution in [2.24, 2.45) is 4.99 Å². The Morgan fingerprint density at radius 3 is 2.59 bits per heavy atom. The zero-order valence-electron chi connectivity index (χ0n) is 16.5. The molecule has 0 saturated carbocycles. The number of amidine groups is 1. The van der Waals surface area contributed by atoms with Crippen LogP contribution in [-0.2, 0) is 6.54 Å². The molecule has 0 aliphatic carbocycles. The third kappa shape index (κ3) is 3.52. The van der Waals surface area contributed by atoms with Crippen molar-refractivity contribution in [1.29, 1.82) is 0 Å². The van der Waals surface area contributed by atoms with Crippen molar-refractivity contribution >= 4 is 22.9 Å². The molecule has 2 aromatic rings. The lowest BCUT2D eigenvalue weighted by Gasteiger charge is -2.44. The molecular formula is C22H29N5. The van der Waals surface area contributed by atoms with Crippen molar-refractivity contribution in [2.75, 3.05) is 42.7 Å². The maximum absolute atomic E-state index is 5.07. The SMILES string of the molecule is Cc1cccc(CN=C2Nc3c(cccc3N(C)C)NC23CCNCC3)c1. The lowest BCUT2D eigenvalue weighted by Crippen LogP contribution is -2.58. The number of aliphatic imine (C=N–C) groups is 1. The molecule has 0 amide bonds. The highest BCUT2D eigenvalue weighted by Gasteiger charge is 2.41. The second kappa shape index (κ2) is 7.24. The Hall–Kier alpha value is -2.53. The first-order valence-corrected chi connectivity index (χ1v) is 9.74. The van der Waals surface area contributed by atoms with Crippen LogP contribution < -0.4 is 20.9 Å². The Labute approximate surface area is 161 Å². The van der Waals surface area contributed by atoms with Gasteiger partial charge in [-0.25, -0.2) is 0 Å². The average Bonchev–Trinajstić information content (AvgIpc) is 2.66. The maximum atomic E-state index is 5.07. The minimum absolute atomic E-state index is 0.118. The van der Waals surface area contributed by atoms with E-state index in [4.69, 9.17) is 4.99 Å². The highest BCUT2D eigenvalue weighted by atomic mass is 15.2. The number of hydrogen-bond donors (Lipinski definition) is 3. The molecule has 4 rings (SSSR count). The van der Waals surface area contributed by atoms with Crippen LogP contribution in [-0.4, -0.2) is 38.6 Å². The Bertz CT molecular complexity index is 850. The highest BCUT2D eigenvalue weighted by Crippen LogP contribution is 2.41. The van der Waals surface area contributed by atoms with Gasteiger partial charge < -0.3 is 20.9 Å². The van der Waals surface area contributed by atoms with Crippen LogP contribution in [0.1, 0.15) is 24.0 Å². The predicted octanol–water partition coefficient (Wildman–Crippen LogP) is 3.62. The molecule has 0 aromatic heterocycles. The van der Waals surface area contributed by atoms with E-state index in [1.54, 1.807) is 0 Å². The number of piperidine rings is 1. The molecule has 2 aliphatic heterocycles. The van der Waals surface area contributed by atoms with Gasteiger partial charge in [0, 0.05) is 14.1 Å². The van der Waals surface area contributed by atoms with Gasteiger partial charge in [-0.2, -0.15) is 0 Å². The van der Waals surface area contributed by atoms with Crippen LogP contribution in [0.3, 0.4) is 0 Å². The molecule has 5 heteroatoms. The van der Waals surface area contributed by atoms with Crippen molar-refractivity contribution in [2.45, 2.75) is 31.8 Å². The van der Waals surface area contributed by atoms with Gasteiger partial charge in [0.05, 0.1) is 29.1 Å². The van der Waals surface area contributed by atoms with Crippen LogP contribution in [0.2, 0.25) is 0 Å². The minimum atomic E-state index is -0.118. The third-order valence-corrected chi connectivity index (χ3v) is 5.55. The van der Waals surface area contributed by atoms with Gasteiger partial charge in [0.25, 0.3) is 0 Å². The molecule has 0 unspecified atom stereocenters. The standard InChI is InChI=1S/C22H29N5/c1-16-6-4-7-17(14-16)15-24-21-22(10-12-23-13-11-22)26-18-8-5-9-19(27(2)3)20(18)25-21/h4-9,14,23,26H,10-13,15H2,1-3H3,(H,24,25). The fourth-order valence-electron chi connectivity index (χ4n) is 4.09. The van der Waals surface area contributed by atoms with E-state index in [1.165, 1.54) is 16.8 Å². The summed E-state index contributed by atoms with van der Waals surface area (Å²) in [6, 6.07) is 15.0. The number of fused-ring (bicyclic) bond motifs is 1. The summed E-state index contributed by atoms with van der Waals surface area (Å²) in [6.07, 6.45) is 2.05. The molecule has 142 valence electrons. The van der Waals surface area contributed by atoms with Gasteiger partial charge in [0.1, 0.15) is 5.84 Å². The summed E-state index contributed by atoms with van der Waals surface area (Å²) in [5, 5.41) is 11.0. The first-order valence-electron chi connectivity index (χ1n) is 9.74. The van der Waals surface area contributed by atoms with Crippen LogP contribution in [0, 0.1) is 6.92 Å². The van der Waals surface area contributed by atoms with Crippen molar-refractivity contribution in [3.05, 3.63) is 53.6 Å². The number of nitrogens with one attached hydrogen (secondary N) is 3. The van der Waals surface area contributed by atoms with E-state index in [9.17, 15) is 0 Å². The van der Waals surface area contributed by atoms with Gasteiger partial charge in [-0.05, 0) is 50.6 Å². The van der Waals surface area contributed by atoms with Crippen molar-refractivity contribution < 1.29 is 0 Å². The molecule has 1 fully saturated rings. The van der Waals surface area contributed by atoms with Crippen LogP contribution in [0.15, 0.2) is 47.5 Å². The number of nitrogens with zero attached hydrogens (tertiary/aromatic N) is 2. The second-order valence-electron chi connectivity index (χ2n) is 7.83. The summed E-state index contributed by atoms with van der Waals surface area (Å²) in [5.41, 5.74) is 5.87. The Morgan fingerprint density at radius 2 is 1.85 bits per heavy atom. The fourth-order valence-corrected chi connectivity index (χ4v) is 4.09. The van der Waals surface area contributed by atoms with Crippen molar-refractivity contribution in [3.8, 4) is 0 Å². The van der Waals surface area contributed by atoms with Gasteiger partial charge in [0.15, 0.2) is 0 Å². The summed E-state index contributed by atoms with van der Waals surface area (Å²) >= 11 is 0. The Morgan fingerprint density at radius 1 is 1.07 bits per heavy atom. The van der Waals surface area contributed by atoms with Gasteiger partial charge in [0.2, 0.25) is 0 Å². The fraction of sp³-hybridized carbons (Fsp3) is 0.409. The molecule has 5 nitrogen and oxygen atoms in total. The minimum Gasteiger partial charge on any atom is -0.376 e. The third-order valence-electron chi connectivity index (χ3n) is 5.55. The Balaban J connectivity index is 1.72. The molecule has 1 saturated heterocycles. The Kier molecular flexibility index (Phi) is 4.79. The van der Waals surface area contributed by atoms with Gasteiger partial charge >= 0.3 is 0 Å². The number of benzene rings is 2. The van der Waals surface area contributed by atoms with Gasteiger partial charge in [-0.1, -0.05) is 35.9 Å². The molecule has 2 heterocycles. The maximum Gasteiger partial charge on any atom is 0.127 e. The summed E-state index contributed by atoms with van der Waals surface area (Å²) in [5.74, 6) is 1.06. The summed E-state index contributed by atoms with van der Waals surface area (Å²) in [4.78, 5) is 7.21. The molecule has 0 radical (unpaired) electrons. The van der Waals surface area contributed by atoms with Crippen molar-refractivity contribution in [3.63, 3.8) is 0 Å². The number of aryl methyl sites for hydroxylation is 1. The molecule has 1 spiro atoms. The second-order valence-corrected chi connectivity index (χ2v) is 7.83. The lowest BCUT2D eigenvalue weighted by molar-refractivity contribution is 0.419. The summed E-state index contributed by atoms with van der Waals surface area (Å²) in [7, 11) is 4.16. The normalized spacial score (nSPS) is 19.3. The molecule has 3 N–H and O–H groups in total. The molecule has 2 aromatic carbocycles. The van der Waals surface area contributed by atoms with E-state index in [1.807, 2.05) is 0 Å². The number of hydrogen-bond acceptors (Lipinski definition) is 4. The molecule has 0 atom stereocenters. The van der Waals surface area contributed by atoms with Crippen molar-refractivity contribution in [1.82, 2.24) is 5.32 Å². The van der Waals surface area contributed by atoms with Crippen LogP contribution >= 0.6 is 0 Å². The topological polar surface area (TPSA) is 51.7 Å². The average molecular weight is 364 g/mol. The number of para-hydroxylation sites is 1. The zero-order valence-corrected chi connectivity index (χ0v) is 16.5. The summed E-state index contributed by atoms with van der Waals surface area (Å²) < 4.78 is 0. The first-order chi connectivity index (χ1) is 13.1. The molecule has 2 aliphatic rings.